The lowest BCUT2D eigenvalue weighted by Crippen LogP contribution is -2.19. The minimum atomic E-state index is 0.0480. The zero-order valence-electron chi connectivity index (χ0n) is 7.64. The standard InChI is InChI=1S/C10H10N2OS/c1-2-3-5-12-7-11-8-4-6-14-9(8)10(12)13/h2,4,6-7H,1,3,5H2. The fourth-order valence-corrected chi connectivity index (χ4v) is 2.06. The third kappa shape index (κ3) is 1.48. The van der Waals surface area contributed by atoms with Crippen LogP contribution in [0.25, 0.3) is 10.2 Å². The molecule has 0 fully saturated rings. The smallest absolute Gasteiger partial charge is 0.271 e. The van der Waals surface area contributed by atoms with Crippen LogP contribution in [0.3, 0.4) is 0 Å². The first kappa shape index (κ1) is 9.15. The van der Waals surface area contributed by atoms with E-state index in [9.17, 15) is 4.79 Å². The summed E-state index contributed by atoms with van der Waals surface area (Å²) < 4.78 is 2.36. The Morgan fingerprint density at radius 2 is 2.50 bits per heavy atom. The highest BCUT2D eigenvalue weighted by Gasteiger charge is 2.03. The molecule has 4 heteroatoms. The van der Waals surface area contributed by atoms with Gasteiger partial charge in [-0.05, 0) is 17.9 Å². The van der Waals surface area contributed by atoms with E-state index in [0.717, 1.165) is 16.6 Å². The molecular weight excluding hydrogens is 196 g/mol. The van der Waals surface area contributed by atoms with Crippen LogP contribution in [0.5, 0.6) is 0 Å². The van der Waals surface area contributed by atoms with Gasteiger partial charge in [0.2, 0.25) is 0 Å². The molecule has 3 nitrogen and oxygen atoms in total. The highest BCUT2D eigenvalue weighted by molar-refractivity contribution is 7.17. The summed E-state index contributed by atoms with van der Waals surface area (Å²) in [5.41, 5.74) is 0.835. The van der Waals surface area contributed by atoms with Gasteiger partial charge in [0.1, 0.15) is 4.70 Å². The van der Waals surface area contributed by atoms with Crippen molar-refractivity contribution in [1.82, 2.24) is 9.55 Å². The van der Waals surface area contributed by atoms with Crippen LogP contribution in [0.2, 0.25) is 0 Å². The van der Waals surface area contributed by atoms with E-state index in [1.165, 1.54) is 11.3 Å². The molecule has 0 aliphatic rings. The number of nitrogens with zero attached hydrogens (tertiary/aromatic N) is 2. The van der Waals surface area contributed by atoms with Gasteiger partial charge < -0.3 is 0 Å². The fourth-order valence-electron chi connectivity index (χ4n) is 1.27. The van der Waals surface area contributed by atoms with Crippen LogP contribution in [0.4, 0.5) is 0 Å². The SMILES string of the molecule is C=CCCn1cnc2ccsc2c1=O. The number of aryl methyl sites for hydroxylation is 1. The number of aromatic nitrogens is 2. The summed E-state index contributed by atoms with van der Waals surface area (Å²) >= 11 is 1.44. The summed E-state index contributed by atoms with van der Waals surface area (Å²) in [5, 5.41) is 1.89. The van der Waals surface area contributed by atoms with E-state index in [-0.39, 0.29) is 5.56 Å². The van der Waals surface area contributed by atoms with Crippen molar-refractivity contribution in [3.8, 4) is 0 Å². The van der Waals surface area contributed by atoms with Crippen LogP contribution in [0.1, 0.15) is 6.42 Å². The highest BCUT2D eigenvalue weighted by atomic mass is 32.1. The number of allylic oxidation sites excluding steroid dienone is 1. The van der Waals surface area contributed by atoms with Gasteiger partial charge in [0.25, 0.3) is 5.56 Å². The Kier molecular flexibility index (Phi) is 2.45. The third-order valence-corrected chi connectivity index (χ3v) is 2.90. The maximum absolute atomic E-state index is 11.8. The van der Waals surface area contributed by atoms with Gasteiger partial charge in [0.15, 0.2) is 0 Å². The summed E-state index contributed by atoms with van der Waals surface area (Å²) in [4.78, 5) is 16.0. The molecule has 0 radical (unpaired) electrons. The van der Waals surface area contributed by atoms with Crippen molar-refractivity contribution in [2.24, 2.45) is 0 Å². The molecule has 72 valence electrons. The molecule has 0 aliphatic carbocycles. The van der Waals surface area contributed by atoms with Crippen LogP contribution in [0.15, 0.2) is 35.2 Å². The molecule has 0 atom stereocenters. The third-order valence-electron chi connectivity index (χ3n) is 2.01. The van der Waals surface area contributed by atoms with Gasteiger partial charge in [0, 0.05) is 6.54 Å². The molecule has 2 aromatic heterocycles. The van der Waals surface area contributed by atoms with E-state index in [1.807, 2.05) is 11.4 Å². The normalized spacial score (nSPS) is 10.6. The van der Waals surface area contributed by atoms with Crippen molar-refractivity contribution in [1.29, 1.82) is 0 Å². The minimum Gasteiger partial charge on any atom is -0.298 e. The molecule has 0 amide bonds. The first-order valence-corrected chi connectivity index (χ1v) is 5.24. The quantitative estimate of drug-likeness (QED) is 0.720. The van der Waals surface area contributed by atoms with Crippen molar-refractivity contribution in [3.63, 3.8) is 0 Å². The highest BCUT2D eigenvalue weighted by Crippen LogP contribution is 2.13. The van der Waals surface area contributed by atoms with Crippen molar-refractivity contribution in [3.05, 3.63) is 40.8 Å². The van der Waals surface area contributed by atoms with E-state index >= 15 is 0 Å². The van der Waals surface area contributed by atoms with E-state index in [0.29, 0.717) is 6.54 Å². The molecule has 0 aromatic carbocycles. The second kappa shape index (κ2) is 3.75. The van der Waals surface area contributed by atoms with Crippen LogP contribution in [-0.2, 0) is 6.54 Å². The maximum atomic E-state index is 11.8. The fraction of sp³-hybridized carbons (Fsp3) is 0.200. The molecule has 0 spiro atoms. The second-order valence-corrected chi connectivity index (χ2v) is 3.87. The Hall–Kier alpha value is -1.42. The van der Waals surface area contributed by atoms with Crippen molar-refractivity contribution < 1.29 is 0 Å². The molecule has 0 bridgehead atoms. The Morgan fingerprint density at radius 1 is 1.64 bits per heavy atom. The summed E-state index contributed by atoms with van der Waals surface area (Å²) in [5.74, 6) is 0. The first-order chi connectivity index (χ1) is 6.83. The Balaban J connectivity index is 2.51. The minimum absolute atomic E-state index is 0.0480. The van der Waals surface area contributed by atoms with E-state index in [2.05, 4.69) is 11.6 Å². The monoisotopic (exact) mass is 206 g/mol. The lowest BCUT2D eigenvalue weighted by molar-refractivity contribution is 0.675. The number of hydrogen-bond donors (Lipinski definition) is 0. The largest absolute Gasteiger partial charge is 0.298 e. The average molecular weight is 206 g/mol. The molecule has 0 unspecified atom stereocenters. The summed E-state index contributed by atoms with van der Waals surface area (Å²) in [6, 6.07) is 1.86. The molecule has 0 saturated carbocycles. The summed E-state index contributed by atoms with van der Waals surface area (Å²) in [7, 11) is 0. The van der Waals surface area contributed by atoms with Crippen molar-refractivity contribution >= 4 is 21.6 Å². The number of hydrogen-bond acceptors (Lipinski definition) is 3. The molecular formula is C10H10N2OS. The number of thiophene rings is 1. The van der Waals surface area contributed by atoms with Gasteiger partial charge in [-0.2, -0.15) is 0 Å². The maximum Gasteiger partial charge on any atom is 0.271 e. The van der Waals surface area contributed by atoms with Crippen LogP contribution >= 0.6 is 11.3 Å². The molecule has 2 aromatic rings. The lowest BCUT2D eigenvalue weighted by atomic mass is 10.4. The Morgan fingerprint density at radius 3 is 3.29 bits per heavy atom. The van der Waals surface area contributed by atoms with E-state index < -0.39 is 0 Å². The molecule has 14 heavy (non-hydrogen) atoms. The molecule has 0 saturated heterocycles. The first-order valence-electron chi connectivity index (χ1n) is 4.36. The molecule has 0 N–H and O–H groups in total. The number of fused-ring (bicyclic) bond motifs is 1. The van der Waals surface area contributed by atoms with Gasteiger partial charge in [-0.15, -0.1) is 17.9 Å². The molecule has 2 heterocycles. The van der Waals surface area contributed by atoms with Gasteiger partial charge >= 0.3 is 0 Å². The zero-order valence-corrected chi connectivity index (χ0v) is 8.46. The molecule has 0 aliphatic heterocycles. The van der Waals surface area contributed by atoms with Crippen LogP contribution < -0.4 is 5.56 Å². The van der Waals surface area contributed by atoms with E-state index in [1.54, 1.807) is 17.0 Å². The van der Waals surface area contributed by atoms with E-state index in [4.69, 9.17) is 0 Å². The van der Waals surface area contributed by atoms with Gasteiger partial charge in [-0.3, -0.25) is 9.36 Å². The van der Waals surface area contributed by atoms with Crippen molar-refractivity contribution in [2.75, 3.05) is 0 Å². The van der Waals surface area contributed by atoms with Gasteiger partial charge in [0.05, 0.1) is 11.8 Å². The van der Waals surface area contributed by atoms with Crippen LogP contribution in [-0.4, -0.2) is 9.55 Å². The summed E-state index contributed by atoms with van der Waals surface area (Å²) in [6.45, 7) is 4.28. The predicted octanol–water partition coefficient (Wildman–Crippen LogP) is 2.03. The Labute approximate surface area is 85.3 Å². The predicted molar refractivity (Wildman–Crippen MR) is 58.7 cm³/mol. The second-order valence-electron chi connectivity index (χ2n) is 2.96. The van der Waals surface area contributed by atoms with Crippen molar-refractivity contribution in [2.45, 2.75) is 13.0 Å². The Bertz CT molecular complexity index is 512. The average Bonchev–Trinajstić information content (AvgIpc) is 2.66. The zero-order chi connectivity index (χ0) is 9.97. The van der Waals surface area contributed by atoms with Gasteiger partial charge in [-0.25, -0.2) is 4.98 Å². The topological polar surface area (TPSA) is 34.9 Å². The van der Waals surface area contributed by atoms with Gasteiger partial charge in [-0.1, -0.05) is 6.08 Å². The summed E-state index contributed by atoms with van der Waals surface area (Å²) in [6.07, 6.45) is 4.18. The number of rotatable bonds is 3. The molecule has 2 rings (SSSR count). The van der Waals surface area contributed by atoms with Crippen LogP contribution in [0, 0.1) is 0 Å². The lowest BCUT2D eigenvalue weighted by Gasteiger charge is -2.01.